The highest BCUT2D eigenvalue weighted by Gasteiger charge is 2.25. The second-order valence-corrected chi connectivity index (χ2v) is 9.99. The summed E-state index contributed by atoms with van der Waals surface area (Å²) in [5.74, 6) is -1.02. The summed E-state index contributed by atoms with van der Waals surface area (Å²) in [5, 5.41) is 5.67. The van der Waals surface area contributed by atoms with Crippen molar-refractivity contribution in [2.75, 3.05) is 22.4 Å². The van der Waals surface area contributed by atoms with E-state index < -0.39 is 22.5 Å². The number of rotatable bonds is 8. The Balaban J connectivity index is 2.30. The number of nitrogens with zero attached hydrogens (tertiary/aromatic N) is 1. The number of carbonyl (C=O) groups excluding carboxylic acids is 2. The molecule has 11 heteroatoms. The van der Waals surface area contributed by atoms with Crippen molar-refractivity contribution in [2.24, 2.45) is 0 Å². The lowest BCUT2D eigenvalue weighted by Gasteiger charge is -2.23. The molecule has 31 heavy (non-hydrogen) atoms. The van der Waals surface area contributed by atoms with Crippen LogP contribution in [-0.4, -0.2) is 39.1 Å². The molecule has 0 radical (unpaired) electrons. The zero-order valence-electron chi connectivity index (χ0n) is 17.1. The minimum absolute atomic E-state index is 0.0107. The number of hydrogen-bond donors (Lipinski definition) is 2. The molecule has 2 aromatic rings. The van der Waals surface area contributed by atoms with Gasteiger partial charge in [0.25, 0.3) is 5.91 Å². The van der Waals surface area contributed by atoms with Crippen LogP contribution in [0.25, 0.3) is 0 Å². The molecule has 2 aromatic carbocycles. The second kappa shape index (κ2) is 10.5. The molecular weight excluding hydrogens is 485 g/mol. The summed E-state index contributed by atoms with van der Waals surface area (Å²) in [6.45, 7) is 3.22. The van der Waals surface area contributed by atoms with Gasteiger partial charge in [-0.2, -0.15) is 0 Å². The fourth-order valence-corrected chi connectivity index (χ4v) is 4.15. The monoisotopic (exact) mass is 505 g/mol. The van der Waals surface area contributed by atoms with Gasteiger partial charge < -0.3 is 10.6 Å². The number of para-hydroxylation sites is 1. The van der Waals surface area contributed by atoms with Gasteiger partial charge in [-0.05, 0) is 37.6 Å². The first-order valence-corrected chi connectivity index (χ1v) is 12.2. The summed E-state index contributed by atoms with van der Waals surface area (Å²) in [7, 11) is -3.90. The summed E-state index contributed by atoms with van der Waals surface area (Å²) >= 11 is 18.0. The lowest BCUT2D eigenvalue weighted by Crippen LogP contribution is -2.38. The Kier molecular flexibility index (Phi) is 8.59. The Morgan fingerprint density at radius 3 is 2.29 bits per heavy atom. The van der Waals surface area contributed by atoms with Crippen molar-refractivity contribution in [3.8, 4) is 0 Å². The Labute approximate surface area is 196 Å². The average Bonchev–Trinajstić information content (AvgIpc) is 2.68. The van der Waals surface area contributed by atoms with Crippen molar-refractivity contribution < 1.29 is 18.0 Å². The van der Waals surface area contributed by atoms with Crippen LogP contribution in [0.3, 0.4) is 0 Å². The van der Waals surface area contributed by atoms with E-state index in [2.05, 4.69) is 10.6 Å². The smallest absolute Gasteiger partial charge is 0.253 e. The number of halogens is 3. The number of sulfonamides is 1. The molecule has 0 fully saturated rings. The molecule has 2 rings (SSSR count). The molecule has 0 unspecified atom stereocenters. The van der Waals surface area contributed by atoms with Crippen molar-refractivity contribution in [1.29, 1.82) is 0 Å². The highest BCUT2D eigenvalue weighted by atomic mass is 35.5. The van der Waals surface area contributed by atoms with Gasteiger partial charge in [0, 0.05) is 6.04 Å². The van der Waals surface area contributed by atoms with E-state index in [0.717, 1.165) is 17.0 Å². The summed E-state index contributed by atoms with van der Waals surface area (Å²) in [6.07, 6.45) is 1.68. The predicted molar refractivity (Wildman–Crippen MR) is 126 cm³/mol. The zero-order valence-corrected chi connectivity index (χ0v) is 20.2. The van der Waals surface area contributed by atoms with Gasteiger partial charge in [-0.15, -0.1) is 0 Å². The number of anilines is 2. The van der Waals surface area contributed by atoms with Crippen molar-refractivity contribution in [1.82, 2.24) is 5.32 Å². The Morgan fingerprint density at radius 1 is 1.06 bits per heavy atom. The van der Waals surface area contributed by atoms with E-state index in [0.29, 0.717) is 0 Å². The minimum atomic E-state index is -3.90. The van der Waals surface area contributed by atoms with E-state index in [1.165, 1.54) is 12.1 Å². The van der Waals surface area contributed by atoms with E-state index in [1.807, 2.05) is 13.8 Å². The predicted octanol–water partition coefficient (Wildman–Crippen LogP) is 4.58. The van der Waals surface area contributed by atoms with Gasteiger partial charge in [-0.1, -0.05) is 53.9 Å². The van der Waals surface area contributed by atoms with Gasteiger partial charge >= 0.3 is 0 Å². The summed E-state index contributed by atoms with van der Waals surface area (Å²) in [6, 6.07) is 8.96. The lowest BCUT2D eigenvalue weighted by atomic mass is 10.1. The lowest BCUT2D eigenvalue weighted by molar-refractivity contribution is -0.114. The molecule has 0 aliphatic carbocycles. The van der Waals surface area contributed by atoms with Crippen LogP contribution in [0.1, 0.15) is 30.6 Å². The molecule has 0 aliphatic heterocycles. The van der Waals surface area contributed by atoms with Gasteiger partial charge in [0.1, 0.15) is 6.54 Å². The van der Waals surface area contributed by atoms with Crippen LogP contribution in [0.4, 0.5) is 11.4 Å². The Morgan fingerprint density at radius 2 is 1.68 bits per heavy atom. The molecule has 0 saturated carbocycles. The van der Waals surface area contributed by atoms with Crippen LogP contribution in [0.5, 0.6) is 0 Å². The largest absolute Gasteiger partial charge is 0.350 e. The first-order valence-electron chi connectivity index (χ1n) is 9.26. The number of benzene rings is 2. The Hall–Kier alpha value is -2.00. The van der Waals surface area contributed by atoms with E-state index in [9.17, 15) is 18.0 Å². The van der Waals surface area contributed by atoms with Crippen LogP contribution < -0.4 is 14.9 Å². The zero-order chi connectivity index (χ0) is 23.3. The summed E-state index contributed by atoms with van der Waals surface area (Å²) < 4.78 is 25.5. The fourth-order valence-electron chi connectivity index (χ4n) is 2.60. The molecule has 168 valence electrons. The van der Waals surface area contributed by atoms with Crippen LogP contribution in [0.15, 0.2) is 36.4 Å². The maximum atomic E-state index is 12.7. The molecule has 2 N–H and O–H groups in total. The molecule has 0 spiro atoms. The molecule has 0 bridgehead atoms. The van der Waals surface area contributed by atoms with E-state index >= 15 is 0 Å². The quantitative estimate of drug-likeness (QED) is 0.512. The molecule has 0 saturated heterocycles. The molecule has 1 atom stereocenters. The SMILES string of the molecule is CC[C@H](C)NC(=O)c1ccccc1NC(=O)CN(c1cc(Cl)c(Cl)cc1Cl)S(C)(=O)=O. The van der Waals surface area contributed by atoms with Crippen LogP contribution in [0, 0.1) is 0 Å². The van der Waals surface area contributed by atoms with Crippen molar-refractivity contribution in [2.45, 2.75) is 26.3 Å². The highest BCUT2D eigenvalue weighted by molar-refractivity contribution is 7.92. The third kappa shape index (κ3) is 6.74. The minimum Gasteiger partial charge on any atom is -0.350 e. The van der Waals surface area contributed by atoms with Gasteiger partial charge in [-0.3, -0.25) is 13.9 Å². The third-order valence-corrected chi connectivity index (χ3v) is 6.53. The van der Waals surface area contributed by atoms with Gasteiger partial charge in [0.2, 0.25) is 15.9 Å². The molecule has 0 aromatic heterocycles. The maximum absolute atomic E-state index is 12.7. The molecule has 0 aliphatic rings. The van der Waals surface area contributed by atoms with E-state index in [-0.39, 0.29) is 44.0 Å². The molecular formula is C20H22Cl3N3O4S. The van der Waals surface area contributed by atoms with Gasteiger partial charge in [-0.25, -0.2) is 8.42 Å². The first kappa shape index (κ1) is 25.3. The topological polar surface area (TPSA) is 95.6 Å². The standard InChI is InChI=1S/C20H22Cl3N3O4S/c1-4-12(2)24-20(28)13-7-5-6-8-17(13)25-19(27)11-26(31(3,29)30)18-10-15(22)14(21)9-16(18)23/h5-10,12H,4,11H2,1-3H3,(H,24,28)(H,25,27)/t12-/m0/s1. The summed E-state index contributed by atoms with van der Waals surface area (Å²) in [5.41, 5.74) is 0.521. The molecule has 2 amide bonds. The normalized spacial score (nSPS) is 12.2. The maximum Gasteiger partial charge on any atom is 0.253 e. The number of carbonyl (C=O) groups is 2. The number of nitrogens with one attached hydrogen (secondary N) is 2. The Bertz CT molecular complexity index is 1090. The van der Waals surface area contributed by atoms with Crippen LogP contribution >= 0.6 is 34.8 Å². The highest BCUT2D eigenvalue weighted by Crippen LogP contribution is 2.35. The van der Waals surface area contributed by atoms with Gasteiger partial charge in [0.05, 0.1) is 38.3 Å². The van der Waals surface area contributed by atoms with Crippen LogP contribution in [0.2, 0.25) is 15.1 Å². The van der Waals surface area contributed by atoms with E-state index in [4.69, 9.17) is 34.8 Å². The third-order valence-electron chi connectivity index (χ3n) is 4.38. The van der Waals surface area contributed by atoms with Gasteiger partial charge in [0.15, 0.2) is 0 Å². The summed E-state index contributed by atoms with van der Waals surface area (Å²) in [4.78, 5) is 25.2. The first-order chi connectivity index (χ1) is 14.4. The molecule has 7 nitrogen and oxygen atoms in total. The number of amides is 2. The van der Waals surface area contributed by atoms with Crippen molar-refractivity contribution in [3.63, 3.8) is 0 Å². The van der Waals surface area contributed by atoms with Crippen molar-refractivity contribution >= 4 is 68.0 Å². The van der Waals surface area contributed by atoms with Crippen molar-refractivity contribution in [3.05, 3.63) is 57.0 Å². The average molecular weight is 507 g/mol. The molecule has 0 heterocycles. The fraction of sp³-hybridized carbons (Fsp3) is 0.300. The number of hydrogen-bond acceptors (Lipinski definition) is 4. The van der Waals surface area contributed by atoms with E-state index in [1.54, 1.807) is 24.3 Å². The second-order valence-electron chi connectivity index (χ2n) is 6.86. The van der Waals surface area contributed by atoms with Crippen LogP contribution in [-0.2, 0) is 14.8 Å².